The first kappa shape index (κ1) is 16.5. The van der Waals surface area contributed by atoms with Crippen molar-refractivity contribution in [2.45, 2.75) is 33.6 Å². The van der Waals surface area contributed by atoms with Crippen molar-refractivity contribution in [2.24, 2.45) is 0 Å². The van der Waals surface area contributed by atoms with Gasteiger partial charge in [-0.1, -0.05) is 37.3 Å². The highest BCUT2D eigenvalue weighted by Crippen LogP contribution is 2.32. The lowest BCUT2D eigenvalue weighted by Crippen LogP contribution is -1.99. The Morgan fingerprint density at radius 3 is 2.64 bits per heavy atom. The molecule has 2 aromatic rings. The molecule has 5 heteroatoms. The highest BCUT2D eigenvalue weighted by molar-refractivity contribution is 7.18. The summed E-state index contributed by atoms with van der Waals surface area (Å²) in [6.07, 6.45) is 4.07. The minimum Gasteiger partial charge on any atom is -0.489 e. The van der Waals surface area contributed by atoms with Crippen molar-refractivity contribution in [2.75, 3.05) is 18.5 Å². The van der Waals surface area contributed by atoms with Gasteiger partial charge in [-0.05, 0) is 43.5 Å². The van der Waals surface area contributed by atoms with Crippen LogP contribution in [0.5, 0.6) is 5.75 Å². The van der Waals surface area contributed by atoms with Gasteiger partial charge in [0, 0.05) is 12.1 Å². The lowest BCUT2D eigenvalue weighted by Gasteiger charge is -2.11. The molecule has 0 radical (unpaired) electrons. The van der Waals surface area contributed by atoms with E-state index in [4.69, 9.17) is 4.74 Å². The fourth-order valence-electron chi connectivity index (χ4n) is 2.23. The van der Waals surface area contributed by atoms with Crippen LogP contribution in [0, 0.1) is 13.8 Å². The third-order valence-electron chi connectivity index (χ3n) is 3.28. The smallest absolute Gasteiger partial charge is 0.206 e. The van der Waals surface area contributed by atoms with Crippen LogP contribution in [0.25, 0.3) is 10.6 Å². The highest BCUT2D eigenvalue weighted by atomic mass is 32.1. The summed E-state index contributed by atoms with van der Waals surface area (Å²) in [5.41, 5.74) is 3.29. The van der Waals surface area contributed by atoms with Crippen molar-refractivity contribution in [3.05, 3.63) is 35.9 Å². The summed E-state index contributed by atoms with van der Waals surface area (Å²) < 4.78 is 5.72. The second-order valence-corrected chi connectivity index (χ2v) is 6.21. The number of aryl methyl sites for hydroxylation is 2. The van der Waals surface area contributed by atoms with Crippen LogP contribution in [-0.2, 0) is 0 Å². The quantitative estimate of drug-likeness (QED) is 0.571. The van der Waals surface area contributed by atoms with Gasteiger partial charge in [-0.2, -0.15) is 0 Å². The Bertz CT molecular complexity index is 614. The molecule has 4 nitrogen and oxygen atoms in total. The van der Waals surface area contributed by atoms with Gasteiger partial charge >= 0.3 is 0 Å². The molecular weight excluding hydrogens is 294 g/mol. The monoisotopic (exact) mass is 317 g/mol. The molecule has 1 heterocycles. The Hall–Kier alpha value is -1.88. The van der Waals surface area contributed by atoms with Crippen molar-refractivity contribution < 1.29 is 4.74 Å². The molecule has 0 spiro atoms. The third kappa shape index (κ3) is 4.07. The standard InChI is InChI=1S/C17H23N3OS/c1-5-7-8-18-17-20-19-16(22-17)14-10-12(3)15(13(4)11-14)21-9-6-2/h6,10-11H,2,5,7-9H2,1,3-4H3,(H,18,20). The summed E-state index contributed by atoms with van der Waals surface area (Å²) in [6.45, 7) is 11.4. The SMILES string of the molecule is C=CCOc1c(C)cc(-c2nnc(NCCCC)s2)cc1C. The van der Waals surface area contributed by atoms with Crippen LogP contribution in [0.2, 0.25) is 0 Å². The Kier molecular flexibility index (Phi) is 5.95. The Balaban J connectivity index is 2.17. The van der Waals surface area contributed by atoms with E-state index in [1.807, 2.05) is 0 Å². The molecule has 0 amide bonds. The molecule has 0 aliphatic heterocycles. The molecule has 2 rings (SSSR count). The molecular formula is C17H23N3OS. The zero-order chi connectivity index (χ0) is 15.9. The number of rotatable bonds is 8. The van der Waals surface area contributed by atoms with E-state index in [0.29, 0.717) is 6.61 Å². The van der Waals surface area contributed by atoms with Crippen LogP contribution < -0.4 is 10.1 Å². The molecule has 1 aromatic heterocycles. The number of nitrogens with zero attached hydrogens (tertiary/aromatic N) is 2. The molecule has 0 aliphatic carbocycles. The van der Waals surface area contributed by atoms with Gasteiger partial charge in [0.1, 0.15) is 17.4 Å². The van der Waals surface area contributed by atoms with Gasteiger partial charge < -0.3 is 10.1 Å². The highest BCUT2D eigenvalue weighted by Gasteiger charge is 2.11. The summed E-state index contributed by atoms with van der Waals surface area (Å²) in [5, 5.41) is 13.6. The van der Waals surface area contributed by atoms with Gasteiger partial charge in [0.25, 0.3) is 0 Å². The molecule has 0 atom stereocenters. The van der Waals surface area contributed by atoms with Crippen LogP contribution in [-0.4, -0.2) is 23.3 Å². The van der Waals surface area contributed by atoms with Crippen LogP contribution in [0.15, 0.2) is 24.8 Å². The van der Waals surface area contributed by atoms with Crippen LogP contribution >= 0.6 is 11.3 Å². The van der Waals surface area contributed by atoms with Crippen LogP contribution in [0.1, 0.15) is 30.9 Å². The number of ether oxygens (including phenoxy) is 1. The first-order chi connectivity index (χ1) is 10.7. The average molecular weight is 317 g/mol. The normalized spacial score (nSPS) is 10.5. The van der Waals surface area contributed by atoms with Crippen molar-refractivity contribution in [1.29, 1.82) is 0 Å². The van der Waals surface area contributed by atoms with E-state index >= 15 is 0 Å². The summed E-state index contributed by atoms with van der Waals surface area (Å²) in [5.74, 6) is 0.925. The van der Waals surface area contributed by atoms with E-state index in [9.17, 15) is 0 Å². The molecule has 0 saturated carbocycles. The maximum Gasteiger partial charge on any atom is 0.206 e. The summed E-state index contributed by atoms with van der Waals surface area (Å²) in [4.78, 5) is 0. The average Bonchev–Trinajstić information content (AvgIpc) is 2.95. The summed E-state index contributed by atoms with van der Waals surface area (Å²) in [6, 6.07) is 4.20. The molecule has 0 unspecified atom stereocenters. The van der Waals surface area contributed by atoms with Gasteiger partial charge in [-0.3, -0.25) is 0 Å². The minimum absolute atomic E-state index is 0.519. The summed E-state index contributed by atoms with van der Waals surface area (Å²) in [7, 11) is 0. The second-order valence-electron chi connectivity index (χ2n) is 5.23. The maximum atomic E-state index is 5.72. The number of anilines is 1. The topological polar surface area (TPSA) is 47.0 Å². The molecule has 0 fully saturated rings. The van der Waals surface area contributed by atoms with Gasteiger partial charge in [0.2, 0.25) is 5.13 Å². The van der Waals surface area contributed by atoms with E-state index in [1.54, 1.807) is 17.4 Å². The first-order valence-electron chi connectivity index (χ1n) is 7.58. The lowest BCUT2D eigenvalue weighted by molar-refractivity contribution is 0.358. The van der Waals surface area contributed by atoms with Crippen molar-refractivity contribution in [3.8, 4) is 16.3 Å². The van der Waals surface area contributed by atoms with Gasteiger partial charge in [-0.25, -0.2) is 0 Å². The molecule has 1 aromatic carbocycles. The van der Waals surface area contributed by atoms with Crippen molar-refractivity contribution >= 4 is 16.5 Å². The van der Waals surface area contributed by atoms with E-state index in [2.05, 4.69) is 55.0 Å². The van der Waals surface area contributed by atoms with Crippen LogP contribution in [0.4, 0.5) is 5.13 Å². The number of nitrogens with one attached hydrogen (secondary N) is 1. The number of unbranched alkanes of at least 4 members (excludes halogenated alkanes) is 1. The molecule has 22 heavy (non-hydrogen) atoms. The molecule has 0 aliphatic rings. The Morgan fingerprint density at radius 1 is 1.27 bits per heavy atom. The maximum absolute atomic E-state index is 5.72. The van der Waals surface area contributed by atoms with Gasteiger partial charge in [0.05, 0.1) is 0 Å². The molecule has 0 saturated heterocycles. The van der Waals surface area contributed by atoms with Crippen LogP contribution in [0.3, 0.4) is 0 Å². The lowest BCUT2D eigenvalue weighted by atomic mass is 10.1. The van der Waals surface area contributed by atoms with E-state index in [0.717, 1.165) is 45.5 Å². The largest absolute Gasteiger partial charge is 0.489 e. The number of hydrogen-bond acceptors (Lipinski definition) is 5. The number of hydrogen-bond donors (Lipinski definition) is 1. The number of aromatic nitrogens is 2. The third-order valence-corrected chi connectivity index (χ3v) is 4.21. The molecule has 1 N–H and O–H groups in total. The minimum atomic E-state index is 0.519. The van der Waals surface area contributed by atoms with Crippen molar-refractivity contribution in [3.63, 3.8) is 0 Å². The van der Waals surface area contributed by atoms with E-state index in [-0.39, 0.29) is 0 Å². The van der Waals surface area contributed by atoms with E-state index < -0.39 is 0 Å². The second kappa shape index (κ2) is 7.94. The van der Waals surface area contributed by atoms with Gasteiger partial charge in [0.15, 0.2) is 0 Å². The Labute approximate surface area is 136 Å². The Morgan fingerprint density at radius 2 is 2.00 bits per heavy atom. The molecule has 118 valence electrons. The fraction of sp³-hybridized carbons (Fsp3) is 0.412. The fourth-order valence-corrected chi connectivity index (χ4v) is 2.98. The predicted octanol–water partition coefficient (Wildman–Crippen LogP) is 4.60. The summed E-state index contributed by atoms with van der Waals surface area (Å²) >= 11 is 1.59. The zero-order valence-corrected chi connectivity index (χ0v) is 14.3. The first-order valence-corrected chi connectivity index (χ1v) is 8.40. The number of benzene rings is 1. The predicted molar refractivity (Wildman–Crippen MR) is 93.9 cm³/mol. The van der Waals surface area contributed by atoms with Crippen molar-refractivity contribution in [1.82, 2.24) is 10.2 Å². The van der Waals surface area contributed by atoms with Gasteiger partial charge in [-0.15, -0.1) is 10.2 Å². The zero-order valence-electron chi connectivity index (χ0n) is 13.5. The molecule has 0 bridgehead atoms. The van der Waals surface area contributed by atoms with E-state index in [1.165, 1.54) is 6.42 Å².